The minimum absolute atomic E-state index is 0.269. The number of anilines is 1. The molecule has 0 aliphatic heterocycles. The number of aryl methyl sites for hydroxylation is 2. The molecule has 156 valence electrons. The van der Waals surface area contributed by atoms with Crippen molar-refractivity contribution in [2.24, 2.45) is 7.05 Å². The van der Waals surface area contributed by atoms with Crippen molar-refractivity contribution in [3.63, 3.8) is 0 Å². The summed E-state index contributed by atoms with van der Waals surface area (Å²) in [5.74, 6) is 0.502. The molecule has 1 N–H and O–H groups in total. The minimum atomic E-state index is -0.305. The molecule has 0 saturated heterocycles. The number of aromatic nitrogens is 4. The molecule has 0 saturated carbocycles. The maximum atomic E-state index is 13.2. The number of halogens is 1. The molecule has 8 heteroatoms. The smallest absolute Gasteiger partial charge is 0.248 e. The van der Waals surface area contributed by atoms with Gasteiger partial charge in [-0.25, -0.2) is 4.39 Å². The Morgan fingerprint density at radius 1 is 1.13 bits per heavy atom. The van der Waals surface area contributed by atoms with Gasteiger partial charge in [-0.3, -0.25) is 9.48 Å². The van der Waals surface area contributed by atoms with E-state index in [1.807, 2.05) is 24.3 Å². The van der Waals surface area contributed by atoms with Crippen LogP contribution in [0.2, 0.25) is 0 Å². The lowest BCUT2D eigenvalue weighted by atomic mass is 10.1. The third-order valence-electron chi connectivity index (χ3n) is 4.64. The summed E-state index contributed by atoms with van der Waals surface area (Å²) in [6.07, 6.45) is 5.32. The van der Waals surface area contributed by atoms with Crippen molar-refractivity contribution in [3.05, 3.63) is 89.5 Å². The van der Waals surface area contributed by atoms with Gasteiger partial charge in [0.1, 0.15) is 5.82 Å². The molecule has 0 atom stereocenters. The third kappa shape index (κ3) is 4.92. The maximum Gasteiger partial charge on any atom is 0.248 e. The second-order valence-corrected chi connectivity index (χ2v) is 6.99. The van der Waals surface area contributed by atoms with Gasteiger partial charge in [0.2, 0.25) is 17.7 Å². The van der Waals surface area contributed by atoms with Crippen LogP contribution < -0.4 is 5.32 Å². The van der Waals surface area contributed by atoms with Crippen LogP contribution in [-0.4, -0.2) is 25.9 Å². The van der Waals surface area contributed by atoms with Gasteiger partial charge >= 0.3 is 0 Å². The lowest BCUT2D eigenvalue weighted by Crippen LogP contribution is -2.07. The van der Waals surface area contributed by atoms with Gasteiger partial charge in [-0.2, -0.15) is 5.10 Å². The molecule has 2 aromatic heterocycles. The predicted octanol–water partition coefficient (Wildman–Crippen LogP) is 4.16. The summed E-state index contributed by atoms with van der Waals surface area (Å²) in [4.78, 5) is 12.4. The molecule has 2 heterocycles. The van der Waals surface area contributed by atoms with Crippen molar-refractivity contribution in [2.45, 2.75) is 13.3 Å². The fraction of sp³-hybridized carbons (Fsp3) is 0.130. The number of hydrogen-bond donors (Lipinski definition) is 1. The van der Waals surface area contributed by atoms with Gasteiger partial charge < -0.3 is 9.73 Å². The maximum absolute atomic E-state index is 13.2. The molecule has 1 amide bonds. The fourth-order valence-corrected chi connectivity index (χ4v) is 3.18. The quantitative estimate of drug-likeness (QED) is 0.476. The van der Waals surface area contributed by atoms with E-state index in [1.165, 1.54) is 18.2 Å². The van der Waals surface area contributed by atoms with Crippen LogP contribution in [0, 0.1) is 12.7 Å². The number of hydrogen-bond acceptors (Lipinski definition) is 5. The van der Waals surface area contributed by atoms with Crippen molar-refractivity contribution in [3.8, 4) is 11.3 Å². The van der Waals surface area contributed by atoms with Crippen LogP contribution in [0.15, 0.2) is 65.2 Å². The van der Waals surface area contributed by atoms with Gasteiger partial charge in [0.25, 0.3) is 0 Å². The van der Waals surface area contributed by atoms with Crippen LogP contribution >= 0.6 is 0 Å². The molecule has 0 spiro atoms. The lowest BCUT2D eigenvalue weighted by Gasteiger charge is -2.05. The van der Waals surface area contributed by atoms with E-state index in [2.05, 4.69) is 20.6 Å². The topological polar surface area (TPSA) is 85.8 Å². The van der Waals surface area contributed by atoms with Crippen molar-refractivity contribution >= 4 is 17.7 Å². The summed E-state index contributed by atoms with van der Waals surface area (Å²) in [6, 6.07) is 13.6. The van der Waals surface area contributed by atoms with Gasteiger partial charge in [-0.05, 0) is 48.0 Å². The van der Waals surface area contributed by atoms with Crippen LogP contribution in [0.25, 0.3) is 17.3 Å². The van der Waals surface area contributed by atoms with E-state index >= 15 is 0 Å². The summed E-state index contributed by atoms with van der Waals surface area (Å²) in [5, 5.41) is 14.9. The Hall–Kier alpha value is -4.07. The Morgan fingerprint density at radius 2 is 1.87 bits per heavy atom. The highest BCUT2D eigenvalue weighted by Gasteiger charge is 2.10. The van der Waals surface area contributed by atoms with E-state index < -0.39 is 0 Å². The van der Waals surface area contributed by atoms with Crippen LogP contribution in [0.1, 0.15) is 22.9 Å². The normalized spacial score (nSPS) is 11.2. The summed E-state index contributed by atoms with van der Waals surface area (Å²) in [7, 11) is 1.80. The first kappa shape index (κ1) is 20.2. The van der Waals surface area contributed by atoms with Crippen molar-refractivity contribution in [2.75, 3.05) is 5.32 Å². The highest BCUT2D eigenvalue weighted by Crippen LogP contribution is 2.24. The van der Waals surface area contributed by atoms with Gasteiger partial charge in [0.05, 0.1) is 18.3 Å². The molecular weight excluding hydrogens is 397 g/mol. The third-order valence-corrected chi connectivity index (χ3v) is 4.64. The van der Waals surface area contributed by atoms with Crippen molar-refractivity contribution in [1.29, 1.82) is 0 Å². The van der Waals surface area contributed by atoms with E-state index in [4.69, 9.17) is 4.42 Å². The molecule has 0 bridgehead atoms. The molecule has 4 aromatic rings. The summed E-state index contributed by atoms with van der Waals surface area (Å²) in [6.45, 7) is 1.75. The summed E-state index contributed by atoms with van der Waals surface area (Å²) < 4.78 is 20.3. The van der Waals surface area contributed by atoms with E-state index in [0.29, 0.717) is 23.9 Å². The first-order valence-corrected chi connectivity index (χ1v) is 9.63. The highest BCUT2D eigenvalue weighted by molar-refractivity contribution is 6.02. The Kier molecular flexibility index (Phi) is 5.70. The molecular formula is C23H20FN5O2. The van der Waals surface area contributed by atoms with Crippen LogP contribution in [0.4, 0.5) is 10.1 Å². The zero-order valence-electron chi connectivity index (χ0n) is 17.0. The van der Waals surface area contributed by atoms with Crippen LogP contribution in [0.3, 0.4) is 0 Å². The zero-order valence-corrected chi connectivity index (χ0v) is 17.0. The first-order chi connectivity index (χ1) is 15.0. The predicted molar refractivity (Wildman–Crippen MR) is 115 cm³/mol. The van der Waals surface area contributed by atoms with E-state index in [1.54, 1.807) is 43.1 Å². The fourth-order valence-electron chi connectivity index (χ4n) is 3.18. The highest BCUT2D eigenvalue weighted by atomic mass is 19.1. The number of carbonyl (C=O) groups is 1. The number of rotatable bonds is 6. The molecule has 0 unspecified atom stereocenters. The Morgan fingerprint density at radius 3 is 2.55 bits per heavy atom. The first-order valence-electron chi connectivity index (χ1n) is 9.63. The van der Waals surface area contributed by atoms with Gasteiger partial charge in [0, 0.05) is 36.9 Å². The van der Waals surface area contributed by atoms with Gasteiger partial charge in [0.15, 0.2) is 0 Å². The molecule has 0 radical (unpaired) electrons. The molecule has 2 aromatic carbocycles. The SMILES string of the molecule is Cc1nnc(Cc2ccc(NC(=O)/C=C/c3cnn(C)c3-c3ccc(F)cc3)cc2)o1. The average Bonchev–Trinajstić information content (AvgIpc) is 3.33. The van der Waals surface area contributed by atoms with Crippen molar-refractivity contribution in [1.82, 2.24) is 20.0 Å². The van der Waals surface area contributed by atoms with Gasteiger partial charge in [-0.1, -0.05) is 12.1 Å². The number of amides is 1. The Labute approximate surface area is 178 Å². The molecule has 7 nitrogen and oxygen atoms in total. The number of carbonyl (C=O) groups excluding carboxylic acids is 1. The van der Waals surface area contributed by atoms with Crippen molar-refractivity contribution < 1.29 is 13.6 Å². The number of benzene rings is 2. The lowest BCUT2D eigenvalue weighted by molar-refractivity contribution is -0.111. The molecule has 0 aliphatic rings. The monoisotopic (exact) mass is 417 g/mol. The van der Waals surface area contributed by atoms with E-state index in [0.717, 1.165) is 22.4 Å². The second kappa shape index (κ2) is 8.74. The summed E-state index contributed by atoms with van der Waals surface area (Å²) in [5.41, 5.74) is 4.04. The number of nitrogens with zero attached hydrogens (tertiary/aromatic N) is 4. The minimum Gasteiger partial charge on any atom is -0.425 e. The Bertz CT molecular complexity index is 1220. The second-order valence-electron chi connectivity index (χ2n) is 6.99. The van der Waals surface area contributed by atoms with Crippen LogP contribution in [0.5, 0.6) is 0 Å². The van der Waals surface area contributed by atoms with E-state index in [9.17, 15) is 9.18 Å². The molecule has 0 aliphatic carbocycles. The standard InChI is InChI=1S/C23H20FN5O2/c1-15-27-28-22(31-15)13-16-3-10-20(11-4-16)26-21(30)12-7-18-14-25-29(2)23(18)17-5-8-19(24)9-6-17/h3-12,14H,13H2,1-2H3,(H,26,30)/b12-7+. The average molecular weight is 417 g/mol. The summed E-state index contributed by atoms with van der Waals surface area (Å²) >= 11 is 0. The zero-order chi connectivity index (χ0) is 21.8. The van der Waals surface area contributed by atoms with Crippen LogP contribution in [-0.2, 0) is 18.3 Å². The Balaban J connectivity index is 1.41. The molecule has 0 fully saturated rings. The van der Waals surface area contributed by atoms with Gasteiger partial charge in [-0.15, -0.1) is 10.2 Å². The largest absolute Gasteiger partial charge is 0.425 e. The van der Waals surface area contributed by atoms with E-state index in [-0.39, 0.29) is 11.7 Å². The number of nitrogens with one attached hydrogen (secondary N) is 1. The molecule has 4 rings (SSSR count). The molecule has 31 heavy (non-hydrogen) atoms.